The van der Waals surface area contributed by atoms with Gasteiger partial charge in [-0.3, -0.25) is 9.59 Å². The minimum atomic E-state index is -0.0821. The zero-order valence-corrected chi connectivity index (χ0v) is 11.2. The topological polar surface area (TPSA) is 70.2 Å². The van der Waals surface area contributed by atoms with Crippen LogP contribution in [0.4, 0.5) is 5.69 Å². The maximum atomic E-state index is 12.1. The standard InChI is InChI=1S/C13H15N3O2S/c17-12-7-19-11-2-1-8(5-10(11)16-12)13(18)15-9-3-4-14-6-9/h1-2,5,9,14H,3-4,6-7H2,(H,15,18)(H,16,17). The van der Waals surface area contributed by atoms with Crippen molar-refractivity contribution in [3.63, 3.8) is 0 Å². The van der Waals surface area contributed by atoms with E-state index in [1.807, 2.05) is 6.07 Å². The highest BCUT2D eigenvalue weighted by Crippen LogP contribution is 2.31. The smallest absolute Gasteiger partial charge is 0.251 e. The first-order valence-electron chi connectivity index (χ1n) is 6.30. The summed E-state index contributed by atoms with van der Waals surface area (Å²) in [6, 6.07) is 5.65. The van der Waals surface area contributed by atoms with Gasteiger partial charge in [-0.2, -0.15) is 0 Å². The highest BCUT2D eigenvalue weighted by Gasteiger charge is 2.20. The van der Waals surface area contributed by atoms with E-state index in [0.717, 1.165) is 30.1 Å². The third kappa shape index (κ3) is 2.74. The first-order valence-corrected chi connectivity index (χ1v) is 7.29. The van der Waals surface area contributed by atoms with E-state index in [2.05, 4.69) is 16.0 Å². The fourth-order valence-electron chi connectivity index (χ4n) is 2.27. The van der Waals surface area contributed by atoms with Crippen molar-refractivity contribution < 1.29 is 9.59 Å². The molecule has 2 amide bonds. The Morgan fingerprint density at radius 3 is 3.11 bits per heavy atom. The summed E-state index contributed by atoms with van der Waals surface area (Å²) in [6.07, 6.45) is 0.962. The van der Waals surface area contributed by atoms with Crippen molar-refractivity contribution in [1.29, 1.82) is 0 Å². The Bertz CT molecular complexity index is 527. The molecule has 2 aliphatic rings. The van der Waals surface area contributed by atoms with Crippen molar-refractivity contribution in [2.45, 2.75) is 17.4 Å². The summed E-state index contributed by atoms with van der Waals surface area (Å²) in [5, 5.41) is 9.00. The van der Waals surface area contributed by atoms with Crippen LogP contribution < -0.4 is 16.0 Å². The number of fused-ring (bicyclic) bond motifs is 1. The summed E-state index contributed by atoms with van der Waals surface area (Å²) in [5.74, 6) is 0.336. The predicted molar refractivity (Wildman–Crippen MR) is 74.5 cm³/mol. The zero-order chi connectivity index (χ0) is 13.2. The Morgan fingerprint density at radius 1 is 1.42 bits per heavy atom. The number of carbonyl (C=O) groups excluding carboxylic acids is 2. The summed E-state index contributed by atoms with van der Waals surface area (Å²) < 4.78 is 0. The molecule has 3 N–H and O–H groups in total. The molecule has 1 unspecified atom stereocenters. The van der Waals surface area contributed by atoms with E-state index < -0.39 is 0 Å². The van der Waals surface area contributed by atoms with Crippen LogP contribution in [0.1, 0.15) is 16.8 Å². The Morgan fingerprint density at radius 2 is 2.32 bits per heavy atom. The summed E-state index contributed by atoms with van der Waals surface area (Å²) in [4.78, 5) is 24.5. The maximum Gasteiger partial charge on any atom is 0.251 e. The van der Waals surface area contributed by atoms with E-state index >= 15 is 0 Å². The molecule has 0 aliphatic carbocycles. The Labute approximate surface area is 115 Å². The Balaban J connectivity index is 1.75. The molecule has 0 bridgehead atoms. The van der Waals surface area contributed by atoms with Crippen molar-refractivity contribution in [3.05, 3.63) is 23.8 Å². The number of nitrogens with one attached hydrogen (secondary N) is 3. The van der Waals surface area contributed by atoms with Gasteiger partial charge < -0.3 is 16.0 Å². The number of hydrogen-bond acceptors (Lipinski definition) is 4. The van der Waals surface area contributed by atoms with Crippen LogP contribution in [0, 0.1) is 0 Å². The number of amides is 2. The van der Waals surface area contributed by atoms with Crippen molar-refractivity contribution in [2.75, 3.05) is 24.2 Å². The van der Waals surface area contributed by atoms with Gasteiger partial charge in [0.05, 0.1) is 11.4 Å². The molecular formula is C13H15N3O2S. The van der Waals surface area contributed by atoms with Crippen molar-refractivity contribution in [3.8, 4) is 0 Å². The molecule has 0 saturated carbocycles. The lowest BCUT2D eigenvalue weighted by Gasteiger charge is -2.17. The molecular weight excluding hydrogens is 262 g/mol. The van der Waals surface area contributed by atoms with Crippen LogP contribution in [0.15, 0.2) is 23.1 Å². The first-order chi connectivity index (χ1) is 9.22. The Hall–Kier alpha value is -1.53. The second-order valence-corrected chi connectivity index (χ2v) is 5.73. The third-order valence-corrected chi connectivity index (χ3v) is 4.34. The molecule has 6 heteroatoms. The van der Waals surface area contributed by atoms with Crippen molar-refractivity contribution in [2.24, 2.45) is 0 Å². The molecule has 0 radical (unpaired) electrons. The van der Waals surface area contributed by atoms with Gasteiger partial charge in [0.2, 0.25) is 5.91 Å². The van der Waals surface area contributed by atoms with E-state index in [1.165, 1.54) is 11.8 Å². The zero-order valence-electron chi connectivity index (χ0n) is 10.4. The maximum absolute atomic E-state index is 12.1. The molecule has 1 aromatic rings. The second kappa shape index (κ2) is 5.22. The Kier molecular flexibility index (Phi) is 3.44. The number of rotatable bonds is 2. The number of carbonyl (C=O) groups is 2. The normalized spacial score (nSPS) is 21.7. The van der Waals surface area contributed by atoms with Crippen LogP contribution in [0.3, 0.4) is 0 Å². The molecule has 1 atom stereocenters. The van der Waals surface area contributed by atoms with Crippen LogP contribution in [0.2, 0.25) is 0 Å². The van der Waals surface area contributed by atoms with Crippen LogP contribution in [-0.2, 0) is 4.79 Å². The second-order valence-electron chi connectivity index (χ2n) is 4.71. The van der Waals surface area contributed by atoms with Gasteiger partial charge >= 0.3 is 0 Å². The molecule has 1 saturated heterocycles. The summed E-state index contributed by atoms with van der Waals surface area (Å²) in [5.41, 5.74) is 1.33. The molecule has 1 fully saturated rings. The highest BCUT2D eigenvalue weighted by atomic mass is 32.2. The lowest BCUT2D eigenvalue weighted by atomic mass is 10.1. The van der Waals surface area contributed by atoms with Crippen molar-refractivity contribution >= 4 is 29.3 Å². The van der Waals surface area contributed by atoms with Crippen LogP contribution in [0.5, 0.6) is 0 Å². The average molecular weight is 277 g/mol. The summed E-state index contributed by atoms with van der Waals surface area (Å²) in [6.45, 7) is 1.77. The van der Waals surface area contributed by atoms with Gasteiger partial charge in [0.1, 0.15) is 0 Å². The minimum absolute atomic E-state index is 0.0185. The quantitative estimate of drug-likeness (QED) is 0.748. The lowest BCUT2D eigenvalue weighted by Crippen LogP contribution is -2.36. The number of anilines is 1. The molecule has 1 aromatic carbocycles. The van der Waals surface area contributed by atoms with E-state index in [1.54, 1.807) is 12.1 Å². The van der Waals surface area contributed by atoms with Crippen molar-refractivity contribution in [1.82, 2.24) is 10.6 Å². The summed E-state index contributed by atoms with van der Waals surface area (Å²) >= 11 is 1.50. The van der Waals surface area contributed by atoms with Gasteiger partial charge in [-0.15, -0.1) is 11.8 Å². The fraction of sp³-hybridized carbons (Fsp3) is 0.385. The highest BCUT2D eigenvalue weighted by molar-refractivity contribution is 8.00. The van der Waals surface area contributed by atoms with Gasteiger partial charge in [-0.25, -0.2) is 0 Å². The van der Waals surface area contributed by atoms with E-state index in [0.29, 0.717) is 11.3 Å². The molecule has 3 rings (SSSR count). The SMILES string of the molecule is O=C1CSc2ccc(C(=O)NC3CCNC3)cc2N1. The first kappa shape index (κ1) is 12.5. The summed E-state index contributed by atoms with van der Waals surface area (Å²) in [7, 11) is 0. The van der Waals surface area contributed by atoms with E-state index in [9.17, 15) is 9.59 Å². The van der Waals surface area contributed by atoms with Crippen LogP contribution >= 0.6 is 11.8 Å². The van der Waals surface area contributed by atoms with Gasteiger partial charge in [0, 0.05) is 23.0 Å². The van der Waals surface area contributed by atoms with Gasteiger partial charge in [0.25, 0.3) is 5.91 Å². The molecule has 100 valence electrons. The molecule has 19 heavy (non-hydrogen) atoms. The fourth-order valence-corrected chi connectivity index (χ4v) is 3.06. The van der Waals surface area contributed by atoms with E-state index in [4.69, 9.17) is 0 Å². The average Bonchev–Trinajstić information content (AvgIpc) is 2.90. The van der Waals surface area contributed by atoms with Gasteiger partial charge in [-0.1, -0.05) is 0 Å². The van der Waals surface area contributed by atoms with Gasteiger partial charge in [-0.05, 0) is 31.2 Å². The lowest BCUT2D eigenvalue weighted by molar-refractivity contribution is -0.113. The largest absolute Gasteiger partial charge is 0.348 e. The van der Waals surface area contributed by atoms with E-state index in [-0.39, 0.29) is 17.9 Å². The third-order valence-electron chi connectivity index (χ3n) is 3.27. The number of benzene rings is 1. The molecule has 0 spiro atoms. The predicted octanol–water partition coefficient (Wildman–Crippen LogP) is 0.822. The van der Waals surface area contributed by atoms with Crippen LogP contribution in [0.25, 0.3) is 0 Å². The molecule has 2 aliphatic heterocycles. The number of hydrogen-bond donors (Lipinski definition) is 3. The molecule has 0 aromatic heterocycles. The van der Waals surface area contributed by atoms with Gasteiger partial charge in [0.15, 0.2) is 0 Å². The van der Waals surface area contributed by atoms with Crippen LogP contribution in [-0.4, -0.2) is 36.7 Å². The number of thioether (sulfide) groups is 1. The molecule has 5 nitrogen and oxygen atoms in total. The molecule has 2 heterocycles. The minimum Gasteiger partial charge on any atom is -0.348 e. The monoisotopic (exact) mass is 277 g/mol.